The number of carbonyl (C=O) groups is 3. The zero-order valence-corrected chi connectivity index (χ0v) is 22.3. The summed E-state index contributed by atoms with van der Waals surface area (Å²) in [6.45, 7) is 0.141. The largest absolute Gasteiger partial charge is 0.481 e. The van der Waals surface area contributed by atoms with Crippen molar-refractivity contribution in [3.63, 3.8) is 0 Å². The van der Waals surface area contributed by atoms with Crippen molar-refractivity contribution in [2.45, 2.75) is 56.8 Å². The van der Waals surface area contributed by atoms with Crippen molar-refractivity contribution in [3.05, 3.63) is 65.6 Å². The lowest BCUT2D eigenvalue weighted by Gasteiger charge is -2.29. The van der Waals surface area contributed by atoms with Crippen molar-refractivity contribution in [2.24, 2.45) is 13.0 Å². The Morgan fingerprint density at radius 3 is 2.58 bits per heavy atom. The second-order valence-corrected chi connectivity index (χ2v) is 10.8. The molecule has 1 aliphatic heterocycles. The normalized spacial score (nSPS) is 22.9. The minimum absolute atomic E-state index is 0.00280. The Hall–Kier alpha value is -3.79. The van der Waals surface area contributed by atoms with E-state index in [1.807, 2.05) is 35.9 Å². The van der Waals surface area contributed by atoms with Gasteiger partial charge in [0.05, 0.1) is 48.9 Å². The number of aromatic nitrogens is 1. The van der Waals surface area contributed by atoms with Gasteiger partial charge in [-0.05, 0) is 49.4 Å². The molecule has 5 rings (SSSR count). The van der Waals surface area contributed by atoms with Gasteiger partial charge in [-0.3, -0.25) is 14.4 Å². The number of carbonyl (C=O) groups excluding carboxylic acids is 2. The van der Waals surface area contributed by atoms with Crippen LogP contribution in [0.15, 0.2) is 48.7 Å². The van der Waals surface area contributed by atoms with E-state index in [1.54, 1.807) is 12.3 Å². The summed E-state index contributed by atoms with van der Waals surface area (Å²) < 4.78 is 37.0. The van der Waals surface area contributed by atoms with E-state index in [9.17, 15) is 23.2 Å². The molecule has 0 spiro atoms. The monoisotopic (exact) mass is 553 g/mol. The number of hydrogen-bond donors (Lipinski definition) is 2. The first-order chi connectivity index (χ1) is 19.2. The fourth-order valence-corrected chi connectivity index (χ4v) is 5.80. The van der Waals surface area contributed by atoms with Gasteiger partial charge in [-0.25, -0.2) is 8.78 Å². The third-order valence-electron chi connectivity index (χ3n) is 8.01. The van der Waals surface area contributed by atoms with Crippen LogP contribution in [0, 0.1) is 11.7 Å². The van der Waals surface area contributed by atoms with Crippen LogP contribution in [0.5, 0.6) is 0 Å². The molecule has 2 aromatic carbocycles. The number of hydrogen-bond acceptors (Lipinski definition) is 4. The number of likely N-dealkylation sites (tertiary alicyclic amines) is 1. The van der Waals surface area contributed by atoms with Crippen LogP contribution in [0.1, 0.15) is 48.0 Å². The van der Waals surface area contributed by atoms with Gasteiger partial charge < -0.3 is 24.6 Å². The molecule has 2 fully saturated rings. The van der Waals surface area contributed by atoms with Crippen LogP contribution >= 0.6 is 0 Å². The highest BCUT2D eigenvalue weighted by Gasteiger charge is 2.36. The summed E-state index contributed by atoms with van der Waals surface area (Å²) in [4.78, 5) is 38.6. The van der Waals surface area contributed by atoms with Crippen molar-refractivity contribution in [3.8, 4) is 0 Å². The smallest absolute Gasteiger partial charge is 0.306 e. The Labute approximate surface area is 230 Å². The zero-order chi connectivity index (χ0) is 28.4. The van der Waals surface area contributed by atoms with Crippen LogP contribution in [0.2, 0.25) is 0 Å². The number of anilines is 1. The number of benzene rings is 2. The summed E-state index contributed by atoms with van der Waals surface area (Å²) in [5.41, 5.74) is 1.73. The Balaban J connectivity index is 1.18. The van der Waals surface area contributed by atoms with Crippen molar-refractivity contribution in [1.29, 1.82) is 0 Å². The van der Waals surface area contributed by atoms with E-state index in [2.05, 4.69) is 5.32 Å². The number of ether oxygens (including phenoxy) is 1. The van der Waals surface area contributed by atoms with Crippen molar-refractivity contribution < 1.29 is 33.0 Å². The topological polar surface area (TPSA) is 101 Å². The molecule has 2 N–H and O–H groups in total. The molecule has 1 saturated heterocycles. The quantitative estimate of drug-likeness (QED) is 0.421. The number of fused-ring (bicyclic) bond motifs is 1. The maximum atomic E-state index is 15.0. The number of halogens is 2. The third kappa shape index (κ3) is 6.01. The maximum Gasteiger partial charge on any atom is 0.306 e. The first-order valence-electron chi connectivity index (χ1n) is 13.6. The van der Waals surface area contributed by atoms with Gasteiger partial charge >= 0.3 is 5.97 Å². The van der Waals surface area contributed by atoms with E-state index in [0.29, 0.717) is 36.8 Å². The molecule has 8 nitrogen and oxygen atoms in total. The molecule has 40 heavy (non-hydrogen) atoms. The number of amides is 2. The highest BCUT2D eigenvalue weighted by molar-refractivity contribution is 6.13. The Morgan fingerprint density at radius 2 is 1.85 bits per heavy atom. The highest BCUT2D eigenvalue weighted by Crippen LogP contribution is 2.29. The predicted molar refractivity (Wildman–Crippen MR) is 145 cm³/mol. The van der Waals surface area contributed by atoms with Crippen molar-refractivity contribution in [1.82, 2.24) is 9.47 Å². The van der Waals surface area contributed by atoms with Gasteiger partial charge in [0.25, 0.3) is 5.91 Å². The Kier molecular flexibility index (Phi) is 8.16. The summed E-state index contributed by atoms with van der Waals surface area (Å²) in [7, 11) is 1.83. The van der Waals surface area contributed by atoms with E-state index in [1.165, 1.54) is 17.0 Å². The second kappa shape index (κ2) is 11.8. The van der Waals surface area contributed by atoms with Crippen LogP contribution < -0.4 is 5.32 Å². The number of nitrogens with zero attached hydrogens (tertiary/aromatic N) is 2. The number of para-hydroxylation sites is 1. The molecule has 0 radical (unpaired) electrons. The predicted octanol–water partition coefficient (Wildman–Crippen LogP) is 4.71. The summed E-state index contributed by atoms with van der Waals surface area (Å²) in [6.07, 6.45) is 2.83. The number of carboxylic acid groups (broad SMARTS) is 1. The average Bonchev–Trinajstić information content (AvgIpc) is 3.48. The minimum Gasteiger partial charge on any atom is -0.481 e. The number of rotatable bonds is 8. The van der Waals surface area contributed by atoms with Crippen LogP contribution in [0.3, 0.4) is 0 Å². The molecule has 1 saturated carbocycles. The van der Waals surface area contributed by atoms with Gasteiger partial charge in [-0.15, -0.1) is 0 Å². The van der Waals surface area contributed by atoms with Crippen LogP contribution in [-0.4, -0.2) is 63.8 Å². The Bertz CT molecular complexity index is 1420. The number of alkyl halides is 1. The number of carboxylic acids is 1. The number of nitrogens with one attached hydrogen (secondary N) is 1. The lowest BCUT2D eigenvalue weighted by molar-refractivity contribution is -0.144. The van der Waals surface area contributed by atoms with E-state index in [4.69, 9.17) is 9.84 Å². The molecule has 1 aliphatic carbocycles. The number of aryl methyl sites for hydroxylation is 1. The Morgan fingerprint density at radius 1 is 1.10 bits per heavy atom. The number of aliphatic carboxylic acids is 1. The zero-order valence-electron chi connectivity index (χ0n) is 22.3. The van der Waals surface area contributed by atoms with Gasteiger partial charge in [0, 0.05) is 30.6 Å². The standard InChI is InChI=1S/C30H33F2N3O5/c1-34-16-24(23-4-2-3-5-27(23)34)29(37)33-26-11-6-18(12-25(26)32)13-28(36)35-15-20(31)14-21(35)17-40-22-9-7-19(8-10-22)30(38)39/h2-6,11-12,16,19-22H,7-10,13-15,17H2,1H3,(H,33,37)(H,38,39)/t19?,20-,21-,22?/m0/s1. The van der Waals surface area contributed by atoms with Gasteiger partial charge in [0.1, 0.15) is 12.0 Å². The molecule has 0 bridgehead atoms. The molecular weight excluding hydrogens is 520 g/mol. The van der Waals surface area contributed by atoms with Gasteiger partial charge in [-0.1, -0.05) is 24.3 Å². The van der Waals surface area contributed by atoms with Crippen LogP contribution in [0.4, 0.5) is 14.5 Å². The second-order valence-electron chi connectivity index (χ2n) is 10.8. The summed E-state index contributed by atoms with van der Waals surface area (Å²) >= 11 is 0. The lowest BCUT2D eigenvalue weighted by Crippen LogP contribution is -2.40. The average molecular weight is 554 g/mol. The van der Waals surface area contributed by atoms with Crippen molar-refractivity contribution >= 4 is 34.4 Å². The molecule has 1 aromatic heterocycles. The van der Waals surface area contributed by atoms with Crippen LogP contribution in [0.25, 0.3) is 10.9 Å². The fourth-order valence-electron chi connectivity index (χ4n) is 5.80. The molecule has 3 aromatic rings. The minimum atomic E-state index is -1.16. The fraction of sp³-hybridized carbons (Fsp3) is 0.433. The molecule has 10 heteroatoms. The highest BCUT2D eigenvalue weighted by atomic mass is 19.1. The van der Waals surface area contributed by atoms with E-state index in [0.717, 1.165) is 10.9 Å². The van der Waals surface area contributed by atoms with Crippen molar-refractivity contribution in [2.75, 3.05) is 18.5 Å². The van der Waals surface area contributed by atoms with E-state index >= 15 is 0 Å². The summed E-state index contributed by atoms with van der Waals surface area (Å²) in [6, 6.07) is 11.2. The molecule has 2 aliphatic rings. The summed E-state index contributed by atoms with van der Waals surface area (Å²) in [5.74, 6) is -2.57. The maximum absolute atomic E-state index is 15.0. The molecule has 212 valence electrons. The molecule has 2 amide bonds. The molecule has 0 unspecified atom stereocenters. The lowest BCUT2D eigenvalue weighted by atomic mass is 9.87. The molecular formula is C30H33F2N3O5. The van der Waals surface area contributed by atoms with Gasteiger partial charge in [0.2, 0.25) is 5.91 Å². The van der Waals surface area contributed by atoms with E-state index in [-0.39, 0.29) is 49.6 Å². The first kappa shape index (κ1) is 27.8. The SMILES string of the molecule is Cn1cc(C(=O)Nc2ccc(CC(=O)N3C[C@@H](F)C[C@H]3COC3CCC(C(=O)O)CC3)cc2F)c2ccccc21. The molecule has 2 atom stereocenters. The molecule has 2 heterocycles. The van der Waals surface area contributed by atoms with Gasteiger partial charge in [0.15, 0.2) is 0 Å². The van der Waals surface area contributed by atoms with Gasteiger partial charge in [-0.2, -0.15) is 0 Å². The first-order valence-corrected chi connectivity index (χ1v) is 13.6. The van der Waals surface area contributed by atoms with E-state index < -0.39 is 29.9 Å². The summed E-state index contributed by atoms with van der Waals surface area (Å²) in [5, 5.41) is 12.5. The third-order valence-corrected chi connectivity index (χ3v) is 8.01. The van der Waals surface area contributed by atoms with Crippen LogP contribution in [-0.2, 0) is 27.8 Å².